The van der Waals surface area contributed by atoms with Gasteiger partial charge in [0.25, 0.3) is 12.3 Å². The molecular formula is C12H14O4S. The average Bonchev–Trinajstić information content (AvgIpc) is 2.30. The third kappa shape index (κ3) is 10.5. The van der Waals surface area contributed by atoms with Crippen molar-refractivity contribution in [3.05, 3.63) is 48.6 Å². The van der Waals surface area contributed by atoms with E-state index < -0.39 is 11.9 Å². The summed E-state index contributed by atoms with van der Waals surface area (Å²) in [5, 5.41) is 0. The van der Waals surface area contributed by atoms with Gasteiger partial charge in [0.1, 0.15) is 0 Å². The van der Waals surface area contributed by atoms with E-state index in [1.165, 1.54) is 24.3 Å². The van der Waals surface area contributed by atoms with Gasteiger partial charge in [-0.1, -0.05) is 36.5 Å². The summed E-state index contributed by atoms with van der Waals surface area (Å²) < 4.78 is 9.06. The summed E-state index contributed by atoms with van der Waals surface area (Å²) in [4.78, 5) is 22.0. The molecule has 0 unspecified atom stereocenters. The summed E-state index contributed by atoms with van der Waals surface area (Å²) in [6.07, 6.45) is 12.4. The minimum Gasteiger partial charge on any atom is -0.351 e. The molecule has 0 aromatic rings. The molecule has 0 aliphatic heterocycles. The first kappa shape index (κ1) is 15.2. The molecule has 92 valence electrons. The Hall–Kier alpha value is -1.75. The highest BCUT2D eigenvalue weighted by Gasteiger charge is 2.02. The zero-order chi connectivity index (χ0) is 12.9. The van der Waals surface area contributed by atoms with E-state index in [1.807, 2.05) is 13.8 Å². The van der Waals surface area contributed by atoms with Crippen molar-refractivity contribution < 1.29 is 18.0 Å². The zero-order valence-electron chi connectivity index (χ0n) is 9.66. The van der Waals surface area contributed by atoms with Crippen molar-refractivity contribution in [3.63, 3.8) is 0 Å². The fourth-order valence-electron chi connectivity index (χ4n) is 0.630. The lowest BCUT2D eigenvalue weighted by molar-refractivity contribution is -0.130. The molecule has 0 radical (unpaired) electrons. The third-order valence-corrected chi connectivity index (χ3v) is 1.77. The van der Waals surface area contributed by atoms with Crippen molar-refractivity contribution in [2.75, 3.05) is 0 Å². The molecule has 0 aliphatic carbocycles. The molecule has 0 aromatic heterocycles. The first-order chi connectivity index (χ1) is 8.20. The Labute approximate surface area is 105 Å². The van der Waals surface area contributed by atoms with Crippen LogP contribution in [-0.2, 0) is 18.0 Å². The summed E-state index contributed by atoms with van der Waals surface area (Å²) in [6, 6.07) is 0. The molecule has 0 aromatic carbocycles. The average molecular weight is 254 g/mol. The molecular weight excluding hydrogens is 240 g/mol. The van der Waals surface area contributed by atoms with E-state index in [4.69, 9.17) is 0 Å². The molecule has 0 heterocycles. The quantitative estimate of drug-likeness (QED) is 0.414. The largest absolute Gasteiger partial charge is 0.351 e. The Morgan fingerprint density at radius 1 is 0.824 bits per heavy atom. The SMILES string of the molecule is C/C=C/C=C/C(=O)OSOC(=O)/C=C/C=C/C. The van der Waals surface area contributed by atoms with Crippen LogP contribution in [0.1, 0.15) is 13.8 Å². The van der Waals surface area contributed by atoms with Crippen molar-refractivity contribution in [2.45, 2.75) is 13.8 Å². The molecule has 0 aliphatic rings. The van der Waals surface area contributed by atoms with Gasteiger partial charge in [0.05, 0.1) is 0 Å². The smallest absolute Gasteiger partial charge is 0.345 e. The standard InChI is InChI=1S/C12H14O4S/c1-3-5-7-9-11(13)15-17-16-12(14)10-8-6-4-2/h3-10H,1-2H3/b5-3+,6-4+,9-7+,10-8+. The summed E-state index contributed by atoms with van der Waals surface area (Å²) >= 11 is 0.336. The lowest BCUT2D eigenvalue weighted by Crippen LogP contribution is -1.97. The van der Waals surface area contributed by atoms with Crippen molar-refractivity contribution in [1.82, 2.24) is 0 Å². The van der Waals surface area contributed by atoms with Gasteiger partial charge < -0.3 is 8.37 Å². The zero-order valence-corrected chi connectivity index (χ0v) is 10.5. The summed E-state index contributed by atoms with van der Waals surface area (Å²) in [5.41, 5.74) is 0. The summed E-state index contributed by atoms with van der Waals surface area (Å²) in [6.45, 7) is 3.65. The minimum atomic E-state index is -0.599. The van der Waals surface area contributed by atoms with Crippen LogP contribution in [0.4, 0.5) is 0 Å². The second kappa shape index (κ2) is 10.8. The summed E-state index contributed by atoms with van der Waals surface area (Å²) in [5.74, 6) is -1.20. The van der Waals surface area contributed by atoms with Crippen molar-refractivity contribution in [2.24, 2.45) is 0 Å². The number of hydrogen-bond donors (Lipinski definition) is 0. The van der Waals surface area contributed by atoms with Crippen LogP contribution in [0.2, 0.25) is 0 Å². The van der Waals surface area contributed by atoms with Gasteiger partial charge in [-0.2, -0.15) is 0 Å². The number of rotatable bonds is 6. The lowest BCUT2D eigenvalue weighted by atomic mass is 10.4. The highest BCUT2D eigenvalue weighted by Crippen LogP contribution is 2.06. The normalized spacial score (nSPS) is 11.9. The van der Waals surface area contributed by atoms with Crippen molar-refractivity contribution >= 4 is 24.3 Å². The number of hydrogen-bond acceptors (Lipinski definition) is 5. The lowest BCUT2D eigenvalue weighted by Gasteiger charge is -1.96. The number of carbonyl (C=O) groups is 2. The van der Waals surface area contributed by atoms with Gasteiger partial charge in [0.15, 0.2) is 0 Å². The fraction of sp³-hybridized carbons (Fsp3) is 0.167. The van der Waals surface area contributed by atoms with Crippen molar-refractivity contribution in [3.8, 4) is 0 Å². The van der Waals surface area contributed by atoms with Crippen molar-refractivity contribution in [1.29, 1.82) is 0 Å². The van der Waals surface area contributed by atoms with Gasteiger partial charge >= 0.3 is 11.9 Å². The predicted molar refractivity (Wildman–Crippen MR) is 67.7 cm³/mol. The Bertz CT molecular complexity index is 320. The molecule has 0 N–H and O–H groups in total. The monoisotopic (exact) mass is 254 g/mol. The van der Waals surface area contributed by atoms with Crippen LogP contribution >= 0.6 is 12.3 Å². The predicted octanol–water partition coefficient (Wildman–Crippen LogP) is 2.90. The van der Waals surface area contributed by atoms with E-state index in [0.717, 1.165) is 0 Å². The van der Waals surface area contributed by atoms with E-state index in [9.17, 15) is 9.59 Å². The maximum absolute atomic E-state index is 11.0. The van der Waals surface area contributed by atoms with Crippen LogP contribution in [0.25, 0.3) is 0 Å². The van der Waals surface area contributed by atoms with E-state index in [0.29, 0.717) is 12.3 Å². The van der Waals surface area contributed by atoms with Gasteiger partial charge in [-0.25, -0.2) is 9.59 Å². The molecule has 0 saturated heterocycles. The van der Waals surface area contributed by atoms with E-state index in [1.54, 1.807) is 24.3 Å². The van der Waals surface area contributed by atoms with Gasteiger partial charge in [0, 0.05) is 12.2 Å². The van der Waals surface area contributed by atoms with Crippen LogP contribution in [0, 0.1) is 0 Å². The summed E-state index contributed by atoms with van der Waals surface area (Å²) in [7, 11) is 0. The second-order valence-electron chi connectivity index (χ2n) is 2.64. The molecule has 0 bridgehead atoms. The van der Waals surface area contributed by atoms with Crippen LogP contribution in [0.15, 0.2) is 48.6 Å². The molecule has 0 rings (SSSR count). The van der Waals surface area contributed by atoms with E-state index in [-0.39, 0.29) is 0 Å². The maximum atomic E-state index is 11.0. The van der Waals surface area contributed by atoms with E-state index in [2.05, 4.69) is 8.37 Å². The fourth-order valence-corrected chi connectivity index (χ4v) is 0.909. The molecule has 17 heavy (non-hydrogen) atoms. The molecule has 5 heteroatoms. The first-order valence-corrected chi connectivity index (χ1v) is 5.55. The van der Waals surface area contributed by atoms with Crippen LogP contribution in [0.5, 0.6) is 0 Å². The van der Waals surface area contributed by atoms with E-state index >= 15 is 0 Å². The molecule has 0 fully saturated rings. The van der Waals surface area contributed by atoms with Crippen LogP contribution in [-0.4, -0.2) is 11.9 Å². The Balaban J connectivity index is 3.76. The van der Waals surface area contributed by atoms with Gasteiger partial charge in [-0.05, 0) is 13.8 Å². The van der Waals surface area contributed by atoms with Crippen LogP contribution in [0.3, 0.4) is 0 Å². The third-order valence-electron chi connectivity index (χ3n) is 1.30. The molecule has 0 saturated carbocycles. The van der Waals surface area contributed by atoms with Gasteiger partial charge in [0.2, 0.25) is 0 Å². The highest BCUT2D eigenvalue weighted by atomic mass is 32.2. The van der Waals surface area contributed by atoms with Gasteiger partial charge in [-0.15, -0.1) is 0 Å². The van der Waals surface area contributed by atoms with Gasteiger partial charge in [-0.3, -0.25) is 0 Å². The first-order valence-electron chi connectivity index (χ1n) is 4.88. The molecule has 0 amide bonds. The molecule has 4 nitrogen and oxygen atoms in total. The maximum Gasteiger partial charge on any atom is 0.345 e. The molecule has 0 atom stereocenters. The second-order valence-corrected chi connectivity index (χ2v) is 3.11. The topological polar surface area (TPSA) is 52.6 Å². The Morgan fingerprint density at radius 3 is 1.59 bits per heavy atom. The highest BCUT2D eigenvalue weighted by molar-refractivity contribution is 7.90. The van der Waals surface area contributed by atoms with Crippen LogP contribution < -0.4 is 0 Å². The number of allylic oxidation sites excluding steroid dienone is 6. The Kier molecular flexibility index (Phi) is 9.65. The Morgan fingerprint density at radius 2 is 1.24 bits per heavy atom. The minimum absolute atomic E-state index is 0.336. The molecule has 0 spiro atoms. The number of carbonyl (C=O) groups excluding carboxylic acids is 2.